The van der Waals surface area contributed by atoms with Crippen LogP contribution in [0, 0.1) is 0 Å². The third-order valence-electron chi connectivity index (χ3n) is 4.58. The summed E-state index contributed by atoms with van der Waals surface area (Å²) in [7, 11) is 0. The van der Waals surface area contributed by atoms with Crippen molar-refractivity contribution in [2.24, 2.45) is 0 Å². The maximum Gasteiger partial charge on any atom is 0.412 e. The summed E-state index contributed by atoms with van der Waals surface area (Å²) in [5.41, 5.74) is 0.408. The van der Waals surface area contributed by atoms with Gasteiger partial charge in [-0.15, -0.1) is 11.3 Å². The van der Waals surface area contributed by atoms with Crippen molar-refractivity contribution in [3.63, 3.8) is 0 Å². The molecule has 1 aliphatic rings. The number of morpholine rings is 1. The maximum atomic E-state index is 12.8. The molecule has 1 aliphatic heterocycles. The number of benzene rings is 1. The number of carbonyl (C=O) groups is 2. The Labute approximate surface area is 181 Å². The SMILES string of the molecule is CC(C)(C)OC(=O)Nc1cccc(C(=O)NC[C@H](c2cccs2)N2CCOCC2)c1. The molecule has 0 saturated carbocycles. The Kier molecular flexibility index (Phi) is 7.47. The van der Waals surface area contributed by atoms with Gasteiger partial charge < -0.3 is 14.8 Å². The van der Waals surface area contributed by atoms with Crippen LogP contribution in [0.5, 0.6) is 0 Å². The van der Waals surface area contributed by atoms with E-state index in [1.807, 2.05) is 6.07 Å². The number of thiophene rings is 1. The molecular weight excluding hydrogens is 402 g/mol. The quantitative estimate of drug-likeness (QED) is 0.725. The van der Waals surface area contributed by atoms with Crippen LogP contribution in [0.1, 0.15) is 42.0 Å². The molecule has 3 rings (SSSR count). The van der Waals surface area contributed by atoms with Crippen molar-refractivity contribution in [1.29, 1.82) is 0 Å². The van der Waals surface area contributed by atoms with Crippen molar-refractivity contribution in [3.05, 3.63) is 52.2 Å². The Morgan fingerprint density at radius 3 is 2.63 bits per heavy atom. The summed E-state index contributed by atoms with van der Waals surface area (Å²) < 4.78 is 10.7. The van der Waals surface area contributed by atoms with Crippen LogP contribution < -0.4 is 10.6 Å². The molecule has 2 aromatic rings. The normalized spacial score (nSPS) is 16.0. The highest BCUT2D eigenvalue weighted by molar-refractivity contribution is 7.10. The molecule has 162 valence electrons. The minimum Gasteiger partial charge on any atom is -0.444 e. The van der Waals surface area contributed by atoms with Gasteiger partial charge in [0.2, 0.25) is 0 Å². The van der Waals surface area contributed by atoms with Crippen LogP contribution >= 0.6 is 11.3 Å². The monoisotopic (exact) mass is 431 g/mol. The standard InChI is InChI=1S/C22H29N3O4S/c1-22(2,3)29-21(27)24-17-7-4-6-16(14-17)20(26)23-15-18(19-8-5-13-30-19)25-9-11-28-12-10-25/h4-8,13-14,18H,9-12,15H2,1-3H3,(H,23,26)(H,24,27)/t18-/m1/s1. The predicted octanol–water partition coefficient (Wildman–Crippen LogP) is 3.90. The molecule has 1 aromatic carbocycles. The average Bonchev–Trinajstić information content (AvgIpc) is 3.22. The summed E-state index contributed by atoms with van der Waals surface area (Å²) in [6.45, 7) is 8.99. The predicted molar refractivity (Wildman–Crippen MR) is 118 cm³/mol. The minimum atomic E-state index is -0.588. The molecule has 1 atom stereocenters. The first-order valence-corrected chi connectivity index (χ1v) is 10.9. The number of hydrogen-bond acceptors (Lipinski definition) is 6. The molecule has 0 spiro atoms. The number of hydrogen-bond donors (Lipinski definition) is 2. The lowest BCUT2D eigenvalue weighted by Crippen LogP contribution is -2.43. The molecule has 1 saturated heterocycles. The molecule has 30 heavy (non-hydrogen) atoms. The lowest BCUT2D eigenvalue weighted by atomic mass is 10.1. The van der Waals surface area contributed by atoms with Crippen LogP contribution in [0.3, 0.4) is 0 Å². The second kappa shape index (κ2) is 10.1. The van der Waals surface area contributed by atoms with Crippen LogP contribution in [-0.4, -0.2) is 55.3 Å². The van der Waals surface area contributed by atoms with Crippen LogP contribution in [-0.2, 0) is 9.47 Å². The lowest BCUT2D eigenvalue weighted by molar-refractivity contribution is 0.0169. The highest BCUT2D eigenvalue weighted by Gasteiger charge is 2.24. The van der Waals surface area contributed by atoms with Gasteiger partial charge in [0.1, 0.15) is 5.60 Å². The Morgan fingerprint density at radius 2 is 1.97 bits per heavy atom. The van der Waals surface area contributed by atoms with Crippen LogP contribution in [0.25, 0.3) is 0 Å². The molecule has 2 heterocycles. The second-order valence-electron chi connectivity index (χ2n) is 8.10. The number of ether oxygens (including phenoxy) is 2. The minimum absolute atomic E-state index is 0.112. The third kappa shape index (κ3) is 6.55. The van der Waals surface area contributed by atoms with Gasteiger partial charge in [-0.05, 0) is 50.4 Å². The van der Waals surface area contributed by atoms with Crippen LogP contribution in [0.15, 0.2) is 41.8 Å². The number of nitrogens with zero attached hydrogens (tertiary/aromatic N) is 1. The maximum absolute atomic E-state index is 12.8. The molecule has 1 aromatic heterocycles. The number of amides is 2. The van der Waals surface area contributed by atoms with Gasteiger partial charge in [-0.25, -0.2) is 4.79 Å². The smallest absolute Gasteiger partial charge is 0.412 e. The van der Waals surface area contributed by atoms with Gasteiger partial charge in [0.05, 0.1) is 19.3 Å². The lowest BCUT2D eigenvalue weighted by Gasteiger charge is -2.34. The van der Waals surface area contributed by atoms with E-state index in [4.69, 9.17) is 9.47 Å². The molecule has 0 bridgehead atoms. The van der Waals surface area contributed by atoms with E-state index in [0.29, 0.717) is 31.0 Å². The molecule has 0 unspecified atom stereocenters. The zero-order chi connectivity index (χ0) is 21.6. The fraction of sp³-hybridized carbons (Fsp3) is 0.455. The zero-order valence-electron chi connectivity index (χ0n) is 17.6. The Morgan fingerprint density at radius 1 is 1.20 bits per heavy atom. The average molecular weight is 432 g/mol. The molecule has 2 N–H and O–H groups in total. The Bertz CT molecular complexity index is 842. The molecule has 0 aliphatic carbocycles. The number of anilines is 1. The first-order valence-electron chi connectivity index (χ1n) is 10.1. The van der Waals surface area contributed by atoms with Gasteiger partial charge in [-0.1, -0.05) is 12.1 Å². The summed E-state index contributed by atoms with van der Waals surface area (Å²) >= 11 is 1.69. The zero-order valence-corrected chi connectivity index (χ0v) is 18.5. The largest absolute Gasteiger partial charge is 0.444 e. The molecule has 1 fully saturated rings. The number of carbonyl (C=O) groups excluding carboxylic acids is 2. The van der Waals surface area contributed by atoms with Gasteiger partial charge in [-0.2, -0.15) is 0 Å². The van der Waals surface area contributed by atoms with Crippen molar-refractivity contribution in [3.8, 4) is 0 Å². The molecular formula is C22H29N3O4S. The number of rotatable bonds is 6. The number of nitrogens with one attached hydrogen (secondary N) is 2. The van der Waals surface area contributed by atoms with E-state index in [-0.39, 0.29) is 11.9 Å². The molecule has 8 heteroatoms. The first kappa shape index (κ1) is 22.3. The summed E-state index contributed by atoms with van der Waals surface area (Å²) in [6, 6.07) is 11.1. The Balaban J connectivity index is 1.62. The van der Waals surface area contributed by atoms with Crippen molar-refractivity contribution >= 4 is 29.0 Å². The molecule has 2 amide bonds. The summed E-state index contributed by atoms with van der Waals surface area (Å²) in [5, 5.41) is 7.77. The highest BCUT2D eigenvalue weighted by atomic mass is 32.1. The van der Waals surface area contributed by atoms with Crippen LogP contribution in [0.4, 0.5) is 10.5 Å². The van der Waals surface area contributed by atoms with E-state index in [2.05, 4.69) is 27.0 Å². The van der Waals surface area contributed by atoms with Gasteiger partial charge in [0.25, 0.3) is 5.91 Å². The fourth-order valence-electron chi connectivity index (χ4n) is 3.23. The van der Waals surface area contributed by atoms with E-state index in [0.717, 1.165) is 13.1 Å². The first-order chi connectivity index (χ1) is 14.3. The van der Waals surface area contributed by atoms with Gasteiger partial charge in [0.15, 0.2) is 0 Å². The molecule has 0 radical (unpaired) electrons. The van der Waals surface area contributed by atoms with E-state index in [1.54, 1.807) is 56.4 Å². The Hall–Kier alpha value is -2.42. The van der Waals surface area contributed by atoms with Crippen LogP contribution in [0.2, 0.25) is 0 Å². The van der Waals surface area contributed by atoms with Crippen molar-refractivity contribution in [2.45, 2.75) is 32.4 Å². The molecule has 7 nitrogen and oxygen atoms in total. The fourth-order valence-corrected chi connectivity index (χ4v) is 4.09. The highest BCUT2D eigenvalue weighted by Crippen LogP contribution is 2.25. The summed E-state index contributed by atoms with van der Waals surface area (Å²) in [6.07, 6.45) is -0.551. The second-order valence-corrected chi connectivity index (χ2v) is 9.08. The van der Waals surface area contributed by atoms with Gasteiger partial charge in [-0.3, -0.25) is 15.0 Å². The van der Waals surface area contributed by atoms with Crippen molar-refractivity contribution in [1.82, 2.24) is 10.2 Å². The topological polar surface area (TPSA) is 79.9 Å². The van der Waals surface area contributed by atoms with Gasteiger partial charge in [0, 0.05) is 35.8 Å². The van der Waals surface area contributed by atoms with E-state index in [9.17, 15) is 9.59 Å². The van der Waals surface area contributed by atoms with Crippen molar-refractivity contribution < 1.29 is 19.1 Å². The summed E-state index contributed by atoms with van der Waals surface area (Å²) in [4.78, 5) is 28.3. The summed E-state index contributed by atoms with van der Waals surface area (Å²) in [5.74, 6) is -0.183. The van der Waals surface area contributed by atoms with Crippen molar-refractivity contribution in [2.75, 3.05) is 38.2 Å². The third-order valence-corrected chi connectivity index (χ3v) is 5.56. The van der Waals surface area contributed by atoms with E-state index >= 15 is 0 Å². The van der Waals surface area contributed by atoms with E-state index in [1.165, 1.54) is 4.88 Å². The van der Waals surface area contributed by atoms with E-state index < -0.39 is 11.7 Å². The van der Waals surface area contributed by atoms with Gasteiger partial charge >= 0.3 is 6.09 Å².